The third kappa shape index (κ3) is 4.42. The van der Waals surface area contributed by atoms with Crippen molar-refractivity contribution in [2.24, 2.45) is 5.92 Å². The van der Waals surface area contributed by atoms with Crippen LogP contribution >= 0.6 is 11.3 Å². The molecule has 1 heterocycles. The Morgan fingerprint density at radius 3 is 2.69 bits per heavy atom. The lowest BCUT2D eigenvalue weighted by Gasteiger charge is -2.01. The Balaban J connectivity index is 2.65. The first kappa shape index (κ1) is 13.3. The normalized spacial score (nSPS) is 12.0. The minimum Gasteiger partial charge on any atom is -0.395 e. The SMILES string of the molecule is CC(C)Cc1nnc(NS(=O)(=O)CCO)s1. The molecule has 0 amide bonds. The van der Waals surface area contributed by atoms with Crippen LogP contribution in [0.1, 0.15) is 18.9 Å². The zero-order valence-corrected chi connectivity index (χ0v) is 10.8. The average Bonchev–Trinajstić information content (AvgIpc) is 2.49. The van der Waals surface area contributed by atoms with E-state index in [-0.39, 0.29) is 10.9 Å². The second-order valence-electron chi connectivity index (χ2n) is 3.74. The van der Waals surface area contributed by atoms with Crippen LogP contribution in [0, 0.1) is 5.92 Å². The third-order valence-electron chi connectivity index (χ3n) is 1.65. The zero-order chi connectivity index (χ0) is 12.2. The fourth-order valence-corrected chi connectivity index (χ4v) is 3.03. The summed E-state index contributed by atoms with van der Waals surface area (Å²) in [5.41, 5.74) is 0. The van der Waals surface area contributed by atoms with Crippen LogP contribution in [0.5, 0.6) is 0 Å². The number of aliphatic hydroxyl groups excluding tert-OH is 1. The maximum Gasteiger partial charge on any atom is 0.236 e. The molecule has 0 aliphatic carbocycles. The van der Waals surface area contributed by atoms with Crippen molar-refractivity contribution in [2.45, 2.75) is 20.3 Å². The van der Waals surface area contributed by atoms with E-state index in [9.17, 15) is 8.42 Å². The molecular weight excluding hydrogens is 250 g/mol. The maximum atomic E-state index is 11.3. The fraction of sp³-hybridized carbons (Fsp3) is 0.750. The molecule has 6 nitrogen and oxygen atoms in total. The topological polar surface area (TPSA) is 92.2 Å². The number of rotatable bonds is 6. The van der Waals surface area contributed by atoms with Gasteiger partial charge in [-0.15, -0.1) is 10.2 Å². The second-order valence-corrected chi connectivity index (χ2v) is 6.65. The highest BCUT2D eigenvalue weighted by Crippen LogP contribution is 2.19. The minimum absolute atomic E-state index is 0.254. The lowest BCUT2D eigenvalue weighted by Crippen LogP contribution is -2.18. The van der Waals surface area contributed by atoms with Crippen LogP contribution in [0.2, 0.25) is 0 Å². The molecule has 0 bridgehead atoms. The van der Waals surface area contributed by atoms with Crippen molar-refractivity contribution < 1.29 is 13.5 Å². The predicted octanol–water partition coefficient (Wildman–Crippen LogP) is 0.471. The molecule has 1 aromatic heterocycles. The molecule has 0 spiro atoms. The van der Waals surface area contributed by atoms with E-state index in [0.717, 1.165) is 11.4 Å². The van der Waals surface area contributed by atoms with E-state index >= 15 is 0 Å². The quantitative estimate of drug-likeness (QED) is 0.780. The Hall–Kier alpha value is -0.730. The van der Waals surface area contributed by atoms with Gasteiger partial charge in [0.2, 0.25) is 15.2 Å². The molecule has 0 aliphatic heterocycles. The lowest BCUT2D eigenvalue weighted by atomic mass is 10.1. The Labute approximate surface area is 98.8 Å². The van der Waals surface area contributed by atoms with Crippen LogP contribution in [0.25, 0.3) is 0 Å². The lowest BCUT2D eigenvalue weighted by molar-refractivity contribution is 0.320. The summed E-state index contributed by atoms with van der Waals surface area (Å²) in [5, 5.41) is 17.2. The molecule has 1 rings (SSSR count). The molecule has 0 aromatic carbocycles. The van der Waals surface area contributed by atoms with Crippen LogP contribution in [-0.2, 0) is 16.4 Å². The van der Waals surface area contributed by atoms with Gasteiger partial charge in [-0.25, -0.2) is 8.42 Å². The van der Waals surface area contributed by atoms with Crippen LogP contribution in [0.4, 0.5) is 5.13 Å². The Bertz CT molecular complexity index is 427. The molecule has 2 N–H and O–H groups in total. The van der Waals surface area contributed by atoms with E-state index in [1.807, 2.05) is 0 Å². The van der Waals surface area contributed by atoms with Gasteiger partial charge in [0.25, 0.3) is 0 Å². The number of hydrogen-bond acceptors (Lipinski definition) is 6. The number of nitrogens with one attached hydrogen (secondary N) is 1. The number of aliphatic hydroxyl groups is 1. The van der Waals surface area contributed by atoms with E-state index in [1.165, 1.54) is 11.3 Å². The highest BCUT2D eigenvalue weighted by atomic mass is 32.2. The van der Waals surface area contributed by atoms with E-state index in [0.29, 0.717) is 5.92 Å². The summed E-state index contributed by atoms with van der Waals surface area (Å²) < 4.78 is 24.9. The molecule has 1 aromatic rings. The van der Waals surface area contributed by atoms with Gasteiger partial charge in [0, 0.05) is 6.42 Å². The van der Waals surface area contributed by atoms with Crippen LogP contribution in [0.3, 0.4) is 0 Å². The van der Waals surface area contributed by atoms with Crippen LogP contribution in [-0.4, -0.2) is 36.1 Å². The van der Waals surface area contributed by atoms with E-state index in [1.54, 1.807) is 0 Å². The molecular formula is C8H15N3O3S2. The summed E-state index contributed by atoms with van der Waals surface area (Å²) in [6.45, 7) is 3.70. The number of aromatic nitrogens is 2. The van der Waals surface area contributed by atoms with E-state index in [4.69, 9.17) is 5.11 Å². The molecule has 0 atom stereocenters. The predicted molar refractivity (Wildman–Crippen MR) is 62.9 cm³/mol. The van der Waals surface area contributed by atoms with E-state index < -0.39 is 16.6 Å². The summed E-state index contributed by atoms with van der Waals surface area (Å²) in [7, 11) is -3.49. The largest absolute Gasteiger partial charge is 0.395 e. The second kappa shape index (κ2) is 5.55. The molecule has 0 saturated carbocycles. The third-order valence-corrected chi connectivity index (χ3v) is 3.87. The number of anilines is 1. The Morgan fingerprint density at radius 2 is 2.12 bits per heavy atom. The van der Waals surface area contributed by atoms with Crippen molar-refractivity contribution in [2.75, 3.05) is 17.1 Å². The Morgan fingerprint density at radius 1 is 1.44 bits per heavy atom. The van der Waals surface area contributed by atoms with Gasteiger partial charge in [-0.1, -0.05) is 25.2 Å². The van der Waals surface area contributed by atoms with Gasteiger partial charge in [0.1, 0.15) is 5.01 Å². The molecule has 0 fully saturated rings. The first-order valence-electron chi connectivity index (χ1n) is 4.86. The highest BCUT2D eigenvalue weighted by molar-refractivity contribution is 7.92. The molecule has 0 radical (unpaired) electrons. The molecule has 0 unspecified atom stereocenters. The smallest absolute Gasteiger partial charge is 0.236 e. The van der Waals surface area contributed by atoms with Crippen molar-refractivity contribution in [1.29, 1.82) is 0 Å². The van der Waals surface area contributed by atoms with Crippen molar-refractivity contribution in [1.82, 2.24) is 10.2 Å². The minimum atomic E-state index is -3.49. The average molecular weight is 265 g/mol. The van der Waals surface area contributed by atoms with Gasteiger partial charge in [0.15, 0.2) is 0 Å². The van der Waals surface area contributed by atoms with Gasteiger partial charge in [0.05, 0.1) is 12.4 Å². The first-order chi connectivity index (χ1) is 7.43. The molecule has 92 valence electrons. The summed E-state index contributed by atoms with van der Waals surface area (Å²) in [6, 6.07) is 0. The Kier molecular flexibility index (Phi) is 4.63. The maximum absolute atomic E-state index is 11.3. The van der Waals surface area contributed by atoms with Crippen molar-refractivity contribution in [3.8, 4) is 0 Å². The van der Waals surface area contributed by atoms with Crippen LogP contribution < -0.4 is 4.72 Å². The monoisotopic (exact) mass is 265 g/mol. The van der Waals surface area contributed by atoms with Gasteiger partial charge in [-0.05, 0) is 5.92 Å². The molecule has 16 heavy (non-hydrogen) atoms. The summed E-state index contributed by atoms with van der Waals surface area (Å²) in [5.74, 6) is 0.126. The highest BCUT2D eigenvalue weighted by Gasteiger charge is 2.13. The van der Waals surface area contributed by atoms with Crippen LogP contribution in [0.15, 0.2) is 0 Å². The zero-order valence-electron chi connectivity index (χ0n) is 9.17. The van der Waals surface area contributed by atoms with Gasteiger partial charge >= 0.3 is 0 Å². The summed E-state index contributed by atoms with van der Waals surface area (Å²) >= 11 is 1.22. The fourth-order valence-electron chi connectivity index (χ4n) is 1.03. The van der Waals surface area contributed by atoms with Gasteiger partial charge in [-0.3, -0.25) is 4.72 Å². The van der Waals surface area contributed by atoms with Crippen molar-refractivity contribution >= 4 is 26.5 Å². The molecule has 8 heteroatoms. The molecule has 0 aliphatic rings. The van der Waals surface area contributed by atoms with E-state index in [2.05, 4.69) is 28.8 Å². The summed E-state index contributed by atoms with van der Waals surface area (Å²) in [4.78, 5) is 0. The number of nitrogens with zero attached hydrogens (tertiary/aromatic N) is 2. The van der Waals surface area contributed by atoms with Crippen molar-refractivity contribution in [3.05, 3.63) is 5.01 Å². The van der Waals surface area contributed by atoms with Crippen molar-refractivity contribution in [3.63, 3.8) is 0 Å². The number of hydrogen-bond donors (Lipinski definition) is 2. The number of sulfonamides is 1. The first-order valence-corrected chi connectivity index (χ1v) is 7.33. The standard InChI is InChI=1S/C8H15N3O3S2/c1-6(2)5-7-9-10-8(15-7)11-16(13,14)4-3-12/h6,12H,3-5H2,1-2H3,(H,10,11). The van der Waals surface area contributed by atoms with Gasteiger partial charge < -0.3 is 5.11 Å². The van der Waals surface area contributed by atoms with Gasteiger partial charge in [-0.2, -0.15) is 0 Å². The summed E-state index contributed by atoms with van der Waals surface area (Å²) in [6.07, 6.45) is 0.777. The molecule has 0 saturated heterocycles.